The van der Waals surface area contributed by atoms with Crippen LogP contribution < -0.4 is 10.3 Å². The Kier molecular flexibility index (Phi) is 1.94. The first-order chi connectivity index (χ1) is 6.31. The summed E-state index contributed by atoms with van der Waals surface area (Å²) in [5.41, 5.74) is 7.13. The lowest BCUT2D eigenvalue weighted by atomic mass is 10.2. The van der Waals surface area contributed by atoms with E-state index in [0.29, 0.717) is 6.54 Å². The molecule has 1 aromatic heterocycles. The second-order valence-electron chi connectivity index (χ2n) is 3.49. The van der Waals surface area contributed by atoms with Crippen molar-refractivity contribution in [1.29, 1.82) is 0 Å². The summed E-state index contributed by atoms with van der Waals surface area (Å²) in [4.78, 5) is 0. The fourth-order valence-corrected chi connectivity index (χ4v) is 1.47. The van der Waals surface area contributed by atoms with Crippen LogP contribution in [0.4, 0.5) is 5.82 Å². The summed E-state index contributed by atoms with van der Waals surface area (Å²) in [7, 11) is 0. The van der Waals surface area contributed by atoms with Gasteiger partial charge in [0, 0.05) is 6.07 Å². The van der Waals surface area contributed by atoms with Gasteiger partial charge in [0.1, 0.15) is 0 Å². The minimum absolute atomic E-state index is 0.562. The molecule has 2 nitrogen and oxygen atoms in total. The zero-order valence-electron chi connectivity index (χ0n) is 7.53. The van der Waals surface area contributed by atoms with Crippen molar-refractivity contribution < 1.29 is 4.57 Å². The number of terminal acetylenes is 1. The molecule has 1 saturated carbocycles. The minimum Gasteiger partial charge on any atom is -0.287 e. The molecule has 0 saturated heterocycles. The molecule has 1 heterocycles. The third-order valence-corrected chi connectivity index (χ3v) is 2.39. The Morgan fingerprint density at radius 3 is 2.92 bits per heavy atom. The number of anilines is 1. The fraction of sp³-hybridized carbons (Fsp3) is 0.364. The average molecular weight is 173 g/mol. The van der Waals surface area contributed by atoms with Crippen LogP contribution in [0.2, 0.25) is 0 Å². The van der Waals surface area contributed by atoms with Gasteiger partial charge in [0.2, 0.25) is 0 Å². The second-order valence-corrected chi connectivity index (χ2v) is 3.49. The van der Waals surface area contributed by atoms with Crippen molar-refractivity contribution in [2.45, 2.75) is 25.3 Å². The van der Waals surface area contributed by atoms with E-state index < -0.39 is 0 Å². The molecule has 2 N–H and O–H groups in total. The van der Waals surface area contributed by atoms with E-state index in [1.807, 2.05) is 10.6 Å². The highest BCUT2D eigenvalue weighted by atomic mass is 15.0. The van der Waals surface area contributed by atoms with Crippen LogP contribution in [0.25, 0.3) is 0 Å². The molecule has 1 aromatic rings. The zero-order valence-corrected chi connectivity index (χ0v) is 7.53. The summed E-state index contributed by atoms with van der Waals surface area (Å²) >= 11 is 0. The maximum atomic E-state index is 5.76. The molecule has 1 aliphatic carbocycles. The quantitative estimate of drug-likeness (QED) is 0.526. The van der Waals surface area contributed by atoms with E-state index in [4.69, 9.17) is 12.2 Å². The van der Waals surface area contributed by atoms with Crippen LogP contribution in [0.1, 0.15) is 24.3 Å². The van der Waals surface area contributed by atoms with E-state index in [9.17, 15) is 0 Å². The van der Waals surface area contributed by atoms with Gasteiger partial charge in [0.05, 0.1) is 6.20 Å². The van der Waals surface area contributed by atoms with Gasteiger partial charge in [0.15, 0.2) is 6.54 Å². The Labute approximate surface area is 78.4 Å². The third-order valence-electron chi connectivity index (χ3n) is 2.39. The maximum Gasteiger partial charge on any atom is 0.273 e. The van der Waals surface area contributed by atoms with E-state index in [-0.39, 0.29) is 0 Å². The Morgan fingerprint density at radius 2 is 2.31 bits per heavy atom. The first-order valence-electron chi connectivity index (χ1n) is 4.53. The fourth-order valence-electron chi connectivity index (χ4n) is 1.47. The lowest BCUT2D eigenvalue weighted by molar-refractivity contribution is -0.670. The summed E-state index contributed by atoms with van der Waals surface area (Å²) in [5, 5.41) is 0. The highest BCUT2D eigenvalue weighted by Crippen LogP contribution is 2.39. The maximum absolute atomic E-state index is 5.76. The Balaban J connectivity index is 2.31. The van der Waals surface area contributed by atoms with Crippen molar-refractivity contribution in [3.05, 3.63) is 23.9 Å². The van der Waals surface area contributed by atoms with Crippen molar-refractivity contribution in [3.8, 4) is 12.3 Å². The second kappa shape index (κ2) is 3.10. The molecule has 0 spiro atoms. The number of nitrogen functional groups attached to an aromatic ring is 1. The molecule has 1 aliphatic rings. The summed E-state index contributed by atoms with van der Waals surface area (Å²) in [6.45, 7) is 0.562. The first kappa shape index (κ1) is 8.12. The number of nitrogens with two attached hydrogens (primary N) is 1. The SMILES string of the molecule is C#CC[n+]1cc(C2CC2)ccc1N. The molecule has 0 bridgehead atoms. The largest absolute Gasteiger partial charge is 0.287 e. The van der Waals surface area contributed by atoms with Crippen molar-refractivity contribution in [2.75, 3.05) is 5.73 Å². The normalized spacial score (nSPS) is 15.3. The van der Waals surface area contributed by atoms with Gasteiger partial charge in [0.25, 0.3) is 5.82 Å². The molecular weight excluding hydrogens is 160 g/mol. The number of hydrogen-bond acceptors (Lipinski definition) is 1. The standard InChI is InChI=1S/C11H12N2/c1-2-7-13-8-10(9-3-4-9)5-6-11(13)12/h1,5-6,8-9,12H,3-4,7H2/p+1. The van der Waals surface area contributed by atoms with Crippen LogP contribution in [-0.4, -0.2) is 0 Å². The van der Waals surface area contributed by atoms with Gasteiger partial charge in [-0.15, -0.1) is 6.42 Å². The predicted octanol–water partition coefficient (Wildman–Crippen LogP) is 1.07. The van der Waals surface area contributed by atoms with Gasteiger partial charge in [-0.3, -0.25) is 5.73 Å². The Bertz CT molecular complexity index is 359. The van der Waals surface area contributed by atoms with Crippen LogP contribution in [0.3, 0.4) is 0 Å². The number of rotatable bonds is 2. The average Bonchev–Trinajstić information content (AvgIpc) is 2.92. The van der Waals surface area contributed by atoms with Crippen LogP contribution in [0.15, 0.2) is 18.3 Å². The topological polar surface area (TPSA) is 29.9 Å². The number of aromatic nitrogens is 1. The van der Waals surface area contributed by atoms with E-state index >= 15 is 0 Å². The molecule has 2 rings (SSSR count). The predicted molar refractivity (Wildman–Crippen MR) is 51.9 cm³/mol. The van der Waals surface area contributed by atoms with Gasteiger partial charge in [-0.2, -0.15) is 0 Å². The van der Waals surface area contributed by atoms with Crippen LogP contribution >= 0.6 is 0 Å². The highest BCUT2D eigenvalue weighted by Gasteiger charge is 2.25. The van der Waals surface area contributed by atoms with Gasteiger partial charge in [-0.05, 0) is 30.4 Å². The molecule has 0 aromatic carbocycles. The molecule has 13 heavy (non-hydrogen) atoms. The first-order valence-corrected chi connectivity index (χ1v) is 4.53. The summed E-state index contributed by atoms with van der Waals surface area (Å²) in [5.74, 6) is 4.09. The molecular formula is C11H13N2+. The van der Waals surface area contributed by atoms with Crippen molar-refractivity contribution in [3.63, 3.8) is 0 Å². The van der Waals surface area contributed by atoms with E-state index in [1.54, 1.807) is 0 Å². The van der Waals surface area contributed by atoms with E-state index in [0.717, 1.165) is 11.7 Å². The summed E-state index contributed by atoms with van der Waals surface area (Å²) in [6, 6.07) is 4.03. The monoisotopic (exact) mass is 173 g/mol. The van der Waals surface area contributed by atoms with Crippen molar-refractivity contribution >= 4 is 5.82 Å². The number of nitrogens with zero attached hydrogens (tertiary/aromatic N) is 1. The molecule has 2 heteroatoms. The summed E-state index contributed by atoms with van der Waals surface area (Å²) < 4.78 is 1.92. The summed E-state index contributed by atoms with van der Waals surface area (Å²) in [6.07, 6.45) is 9.93. The minimum atomic E-state index is 0.562. The van der Waals surface area contributed by atoms with Crippen LogP contribution in [-0.2, 0) is 6.54 Å². The van der Waals surface area contributed by atoms with Crippen molar-refractivity contribution in [1.82, 2.24) is 0 Å². The molecule has 1 fully saturated rings. The van der Waals surface area contributed by atoms with Gasteiger partial charge >= 0.3 is 0 Å². The number of pyridine rings is 1. The van der Waals surface area contributed by atoms with Crippen LogP contribution in [0, 0.1) is 12.3 Å². The van der Waals surface area contributed by atoms with Gasteiger partial charge in [-0.25, -0.2) is 4.57 Å². The van der Waals surface area contributed by atoms with Crippen molar-refractivity contribution in [2.24, 2.45) is 0 Å². The molecule has 0 atom stereocenters. The van der Waals surface area contributed by atoms with Gasteiger partial charge in [-0.1, -0.05) is 5.92 Å². The molecule has 0 unspecified atom stereocenters. The lowest BCUT2D eigenvalue weighted by Crippen LogP contribution is -2.36. The number of hydrogen-bond donors (Lipinski definition) is 1. The Hall–Kier alpha value is -1.49. The lowest BCUT2D eigenvalue weighted by Gasteiger charge is -2.01. The van der Waals surface area contributed by atoms with E-state index in [1.165, 1.54) is 18.4 Å². The molecule has 0 amide bonds. The zero-order chi connectivity index (χ0) is 9.26. The smallest absolute Gasteiger partial charge is 0.273 e. The van der Waals surface area contributed by atoms with Gasteiger partial charge < -0.3 is 0 Å². The third kappa shape index (κ3) is 1.65. The molecule has 0 aliphatic heterocycles. The van der Waals surface area contributed by atoms with E-state index in [2.05, 4.69) is 18.2 Å². The Morgan fingerprint density at radius 1 is 1.54 bits per heavy atom. The van der Waals surface area contributed by atoms with Crippen LogP contribution in [0.5, 0.6) is 0 Å². The molecule has 0 radical (unpaired) electrons. The molecule has 66 valence electrons. The highest BCUT2D eigenvalue weighted by molar-refractivity contribution is 5.27.